The predicted octanol–water partition coefficient (Wildman–Crippen LogP) is 3.11. The number of carbonyl (C=O) groups is 2. The molecule has 1 aliphatic rings. The van der Waals surface area contributed by atoms with Gasteiger partial charge in [-0.25, -0.2) is 0 Å². The average molecular weight is 430 g/mol. The van der Waals surface area contributed by atoms with E-state index in [0.717, 1.165) is 12.1 Å². The zero-order chi connectivity index (χ0) is 22.0. The molecule has 160 valence electrons. The molecule has 0 saturated carbocycles. The number of benzene rings is 2. The van der Waals surface area contributed by atoms with Crippen LogP contribution in [0.4, 0.5) is 13.2 Å². The van der Waals surface area contributed by atoms with E-state index in [1.165, 1.54) is 17.0 Å². The van der Waals surface area contributed by atoms with Gasteiger partial charge in [-0.2, -0.15) is 18.2 Å². The molecule has 2 amide bonds. The standard InChI is InChI=1S/C21H17F3N4O3/c22-21(23,24)16-8-4-7-14(9-16)18-26-20(31-27-18)15-11-28(12-15)17(29)10-25-19(30)13-5-2-1-3-6-13/h1-9,15H,10-12H2,(H,25,30). The molecular formula is C21H17F3N4O3. The first-order valence-electron chi connectivity index (χ1n) is 9.43. The first kappa shape index (κ1) is 20.6. The predicted molar refractivity (Wildman–Crippen MR) is 103 cm³/mol. The van der Waals surface area contributed by atoms with Crippen LogP contribution in [0, 0.1) is 0 Å². The third-order valence-electron chi connectivity index (χ3n) is 4.91. The third-order valence-corrected chi connectivity index (χ3v) is 4.91. The molecule has 0 spiro atoms. The van der Waals surface area contributed by atoms with E-state index in [4.69, 9.17) is 4.52 Å². The van der Waals surface area contributed by atoms with Crippen LogP contribution in [0.3, 0.4) is 0 Å². The Morgan fingerprint density at radius 1 is 1.10 bits per heavy atom. The van der Waals surface area contributed by atoms with Gasteiger partial charge in [-0.1, -0.05) is 35.5 Å². The molecule has 0 aliphatic carbocycles. The number of alkyl halides is 3. The molecule has 1 saturated heterocycles. The Balaban J connectivity index is 1.31. The zero-order valence-electron chi connectivity index (χ0n) is 16.1. The second-order valence-electron chi connectivity index (χ2n) is 7.08. The number of carbonyl (C=O) groups excluding carboxylic acids is 2. The summed E-state index contributed by atoms with van der Waals surface area (Å²) in [6.45, 7) is 0.508. The first-order valence-corrected chi connectivity index (χ1v) is 9.43. The van der Waals surface area contributed by atoms with Gasteiger partial charge >= 0.3 is 6.18 Å². The molecular weight excluding hydrogens is 413 g/mol. The average Bonchev–Trinajstić information content (AvgIpc) is 3.21. The maximum atomic E-state index is 12.9. The van der Waals surface area contributed by atoms with Crippen molar-refractivity contribution in [3.05, 3.63) is 71.6 Å². The molecule has 0 bridgehead atoms. The van der Waals surface area contributed by atoms with Crippen LogP contribution in [0.15, 0.2) is 59.1 Å². The van der Waals surface area contributed by atoms with E-state index in [-0.39, 0.29) is 41.6 Å². The number of nitrogens with one attached hydrogen (secondary N) is 1. The summed E-state index contributed by atoms with van der Waals surface area (Å²) in [7, 11) is 0. The fourth-order valence-corrected chi connectivity index (χ4v) is 3.15. The van der Waals surface area contributed by atoms with Crippen molar-refractivity contribution in [1.29, 1.82) is 0 Å². The minimum absolute atomic E-state index is 0.0565. The normalized spacial score (nSPS) is 14.2. The monoisotopic (exact) mass is 430 g/mol. The molecule has 1 fully saturated rings. The van der Waals surface area contributed by atoms with Gasteiger partial charge in [0.05, 0.1) is 18.0 Å². The number of amides is 2. The van der Waals surface area contributed by atoms with Gasteiger partial charge in [0.25, 0.3) is 5.91 Å². The fraction of sp³-hybridized carbons (Fsp3) is 0.238. The van der Waals surface area contributed by atoms with Crippen molar-refractivity contribution in [1.82, 2.24) is 20.4 Å². The molecule has 1 aromatic heterocycles. The van der Waals surface area contributed by atoms with Gasteiger partial charge in [0.2, 0.25) is 17.6 Å². The highest BCUT2D eigenvalue weighted by molar-refractivity contribution is 5.96. The molecule has 0 unspecified atom stereocenters. The summed E-state index contributed by atoms with van der Waals surface area (Å²) in [5.74, 6) is -0.488. The highest BCUT2D eigenvalue weighted by Gasteiger charge is 2.36. The van der Waals surface area contributed by atoms with E-state index in [1.54, 1.807) is 30.3 Å². The molecule has 7 nitrogen and oxygen atoms in total. The number of hydrogen-bond donors (Lipinski definition) is 1. The third kappa shape index (κ3) is 4.57. The van der Waals surface area contributed by atoms with Crippen molar-refractivity contribution in [3.8, 4) is 11.4 Å². The number of nitrogens with zero attached hydrogens (tertiary/aromatic N) is 3. The van der Waals surface area contributed by atoms with Crippen molar-refractivity contribution < 1.29 is 27.3 Å². The van der Waals surface area contributed by atoms with E-state index < -0.39 is 11.7 Å². The van der Waals surface area contributed by atoms with Crippen LogP contribution < -0.4 is 5.32 Å². The lowest BCUT2D eigenvalue weighted by Gasteiger charge is -2.37. The lowest BCUT2D eigenvalue weighted by molar-refractivity contribution is -0.137. The number of likely N-dealkylation sites (tertiary alicyclic amines) is 1. The highest BCUT2D eigenvalue weighted by atomic mass is 19.4. The van der Waals surface area contributed by atoms with Gasteiger partial charge in [-0.3, -0.25) is 9.59 Å². The highest BCUT2D eigenvalue weighted by Crippen LogP contribution is 2.32. The fourth-order valence-electron chi connectivity index (χ4n) is 3.15. The van der Waals surface area contributed by atoms with Crippen LogP contribution in [-0.4, -0.2) is 46.5 Å². The smallest absolute Gasteiger partial charge is 0.343 e. The van der Waals surface area contributed by atoms with Gasteiger partial charge in [0.15, 0.2) is 0 Å². The molecule has 0 radical (unpaired) electrons. The van der Waals surface area contributed by atoms with E-state index in [0.29, 0.717) is 18.7 Å². The van der Waals surface area contributed by atoms with Crippen LogP contribution in [0.25, 0.3) is 11.4 Å². The van der Waals surface area contributed by atoms with Gasteiger partial charge in [0, 0.05) is 24.2 Å². The van der Waals surface area contributed by atoms with E-state index >= 15 is 0 Å². The minimum Gasteiger partial charge on any atom is -0.343 e. The summed E-state index contributed by atoms with van der Waals surface area (Å²) in [6.07, 6.45) is -4.46. The van der Waals surface area contributed by atoms with Gasteiger partial charge < -0.3 is 14.7 Å². The minimum atomic E-state index is -4.46. The number of hydrogen-bond acceptors (Lipinski definition) is 5. The quantitative estimate of drug-likeness (QED) is 0.672. The van der Waals surface area contributed by atoms with Crippen LogP contribution in [0.5, 0.6) is 0 Å². The Morgan fingerprint density at radius 2 is 1.84 bits per heavy atom. The molecule has 1 N–H and O–H groups in total. The van der Waals surface area contributed by atoms with Crippen molar-refractivity contribution in [2.75, 3.05) is 19.6 Å². The van der Waals surface area contributed by atoms with E-state index in [1.807, 2.05) is 0 Å². The number of rotatable bonds is 5. The molecule has 10 heteroatoms. The number of halogens is 3. The van der Waals surface area contributed by atoms with E-state index in [2.05, 4.69) is 15.5 Å². The number of aromatic nitrogens is 2. The summed E-state index contributed by atoms with van der Waals surface area (Å²) in [4.78, 5) is 29.9. The Morgan fingerprint density at radius 3 is 2.55 bits per heavy atom. The molecule has 4 rings (SSSR count). The summed E-state index contributed by atoms with van der Waals surface area (Å²) in [6, 6.07) is 13.2. The van der Waals surface area contributed by atoms with Gasteiger partial charge in [-0.05, 0) is 24.3 Å². The summed E-state index contributed by atoms with van der Waals surface area (Å²) in [5, 5.41) is 6.33. The van der Waals surface area contributed by atoms with Crippen molar-refractivity contribution in [2.24, 2.45) is 0 Å². The molecule has 2 aromatic carbocycles. The summed E-state index contributed by atoms with van der Waals surface area (Å²) in [5.41, 5.74) is -0.139. The first-order chi connectivity index (χ1) is 14.8. The lowest BCUT2D eigenvalue weighted by Crippen LogP contribution is -2.51. The Bertz CT molecular complexity index is 1090. The topological polar surface area (TPSA) is 88.3 Å². The Kier molecular flexibility index (Phi) is 5.45. The van der Waals surface area contributed by atoms with E-state index in [9.17, 15) is 22.8 Å². The van der Waals surface area contributed by atoms with Gasteiger partial charge in [-0.15, -0.1) is 0 Å². The van der Waals surface area contributed by atoms with Gasteiger partial charge in [0.1, 0.15) is 0 Å². The molecule has 3 aromatic rings. The summed E-state index contributed by atoms with van der Waals surface area (Å²) >= 11 is 0. The van der Waals surface area contributed by atoms with Crippen LogP contribution in [-0.2, 0) is 11.0 Å². The second kappa shape index (κ2) is 8.21. The van der Waals surface area contributed by atoms with Crippen molar-refractivity contribution >= 4 is 11.8 Å². The van der Waals surface area contributed by atoms with Crippen LogP contribution in [0.1, 0.15) is 27.7 Å². The maximum absolute atomic E-state index is 12.9. The molecule has 0 atom stereocenters. The SMILES string of the molecule is O=C(NCC(=O)N1CC(c2nc(-c3cccc(C(F)(F)F)c3)no2)C1)c1ccccc1. The molecule has 2 heterocycles. The molecule has 31 heavy (non-hydrogen) atoms. The zero-order valence-corrected chi connectivity index (χ0v) is 16.1. The Hall–Kier alpha value is -3.69. The lowest BCUT2D eigenvalue weighted by atomic mass is 10.00. The second-order valence-corrected chi connectivity index (χ2v) is 7.08. The molecule has 1 aliphatic heterocycles. The van der Waals surface area contributed by atoms with Crippen LogP contribution in [0.2, 0.25) is 0 Å². The largest absolute Gasteiger partial charge is 0.416 e. The summed E-state index contributed by atoms with van der Waals surface area (Å²) < 4.78 is 43.8. The maximum Gasteiger partial charge on any atom is 0.416 e. The van der Waals surface area contributed by atoms with Crippen molar-refractivity contribution in [2.45, 2.75) is 12.1 Å². The Labute approximate surface area is 174 Å². The van der Waals surface area contributed by atoms with Crippen LogP contribution >= 0.6 is 0 Å². The van der Waals surface area contributed by atoms with Crippen molar-refractivity contribution in [3.63, 3.8) is 0 Å².